The van der Waals surface area contributed by atoms with E-state index in [0.717, 1.165) is 12.1 Å². The van der Waals surface area contributed by atoms with Gasteiger partial charge in [-0.15, -0.1) is 0 Å². The number of hydrogen-bond acceptors (Lipinski definition) is 4. The molecule has 1 aromatic carbocycles. The van der Waals surface area contributed by atoms with Crippen LogP contribution in [0.5, 0.6) is 0 Å². The van der Waals surface area contributed by atoms with Gasteiger partial charge in [-0.25, -0.2) is 0 Å². The average molecular weight is 270 g/mol. The molecule has 0 saturated carbocycles. The second-order valence-corrected chi connectivity index (χ2v) is 4.59. The van der Waals surface area contributed by atoms with Gasteiger partial charge in [-0.3, -0.25) is 4.79 Å². The minimum Gasteiger partial charge on any atom is -0.461 e. The van der Waals surface area contributed by atoms with Gasteiger partial charge in [0.1, 0.15) is 6.61 Å². The number of rotatable bonds is 4. The topological polar surface area (TPSA) is 47.6 Å². The highest BCUT2D eigenvalue weighted by atomic mass is 35.5. The molecule has 18 heavy (non-hydrogen) atoms. The van der Waals surface area contributed by atoms with Crippen molar-refractivity contribution in [3.05, 3.63) is 34.9 Å². The molecule has 1 unspecified atom stereocenters. The summed E-state index contributed by atoms with van der Waals surface area (Å²) in [5, 5.41) is 3.82. The summed E-state index contributed by atoms with van der Waals surface area (Å²) < 4.78 is 10.5. The predicted molar refractivity (Wildman–Crippen MR) is 68.5 cm³/mol. The first-order chi connectivity index (χ1) is 8.75. The first-order valence-corrected chi connectivity index (χ1v) is 6.33. The van der Waals surface area contributed by atoms with Crippen LogP contribution in [0, 0.1) is 0 Å². The number of esters is 1. The van der Waals surface area contributed by atoms with E-state index in [1.807, 2.05) is 18.2 Å². The zero-order valence-corrected chi connectivity index (χ0v) is 10.8. The second kappa shape index (κ2) is 6.73. The third kappa shape index (κ3) is 3.98. The van der Waals surface area contributed by atoms with Crippen LogP contribution >= 0.6 is 11.6 Å². The highest BCUT2D eigenvalue weighted by molar-refractivity contribution is 6.31. The maximum atomic E-state index is 11.6. The van der Waals surface area contributed by atoms with Crippen molar-refractivity contribution in [1.29, 1.82) is 0 Å². The molecular formula is C13H16ClNO3. The number of benzene rings is 1. The molecule has 0 radical (unpaired) electrons. The Morgan fingerprint density at radius 1 is 1.50 bits per heavy atom. The van der Waals surface area contributed by atoms with E-state index >= 15 is 0 Å². The van der Waals surface area contributed by atoms with Gasteiger partial charge in [0.05, 0.1) is 19.6 Å². The number of halogens is 1. The quantitative estimate of drug-likeness (QED) is 0.847. The lowest BCUT2D eigenvalue weighted by Gasteiger charge is -2.22. The molecule has 2 rings (SSSR count). The minimum absolute atomic E-state index is 0.0532. The van der Waals surface area contributed by atoms with Crippen LogP contribution in [0.4, 0.5) is 0 Å². The van der Waals surface area contributed by atoms with Crippen LogP contribution in [0.15, 0.2) is 24.3 Å². The number of carbonyl (C=O) groups excluding carboxylic acids is 1. The fourth-order valence-corrected chi connectivity index (χ4v) is 1.97. The van der Waals surface area contributed by atoms with Gasteiger partial charge in [0.25, 0.3) is 0 Å². The summed E-state index contributed by atoms with van der Waals surface area (Å²) >= 11 is 5.98. The van der Waals surface area contributed by atoms with Crippen molar-refractivity contribution >= 4 is 17.6 Å². The highest BCUT2D eigenvalue weighted by Crippen LogP contribution is 2.16. The molecule has 0 aromatic heterocycles. The Morgan fingerprint density at radius 3 is 3.06 bits per heavy atom. The molecule has 0 aliphatic carbocycles. The van der Waals surface area contributed by atoms with Crippen LogP contribution in [0.3, 0.4) is 0 Å². The number of carbonyl (C=O) groups is 1. The Labute approximate surface area is 111 Å². The Hall–Kier alpha value is -1.10. The van der Waals surface area contributed by atoms with Gasteiger partial charge >= 0.3 is 5.97 Å². The van der Waals surface area contributed by atoms with Crippen molar-refractivity contribution in [2.24, 2.45) is 0 Å². The molecule has 1 N–H and O–H groups in total. The van der Waals surface area contributed by atoms with E-state index in [4.69, 9.17) is 21.1 Å². The average Bonchev–Trinajstić information content (AvgIpc) is 2.39. The third-order valence-corrected chi connectivity index (χ3v) is 3.13. The minimum atomic E-state index is -0.238. The lowest BCUT2D eigenvalue weighted by molar-refractivity contribution is -0.146. The SMILES string of the molecule is O=C(CC1COCCN1)OCc1ccccc1Cl. The predicted octanol–water partition coefficient (Wildman–Crippen LogP) is 1.76. The molecule has 0 bridgehead atoms. The summed E-state index contributed by atoms with van der Waals surface area (Å²) in [6.45, 7) is 2.25. The van der Waals surface area contributed by atoms with Crippen LogP contribution in [0.2, 0.25) is 5.02 Å². The van der Waals surface area contributed by atoms with Crippen LogP contribution in [-0.2, 0) is 20.9 Å². The molecule has 1 aliphatic rings. The van der Waals surface area contributed by atoms with Crippen LogP contribution in [0.1, 0.15) is 12.0 Å². The zero-order chi connectivity index (χ0) is 12.8. The Balaban J connectivity index is 1.76. The van der Waals surface area contributed by atoms with E-state index in [1.165, 1.54) is 0 Å². The van der Waals surface area contributed by atoms with Crippen molar-refractivity contribution in [1.82, 2.24) is 5.32 Å². The summed E-state index contributed by atoms with van der Waals surface area (Å²) in [6, 6.07) is 7.39. The summed E-state index contributed by atoms with van der Waals surface area (Å²) in [5.41, 5.74) is 0.820. The molecular weight excluding hydrogens is 254 g/mol. The fraction of sp³-hybridized carbons (Fsp3) is 0.462. The third-order valence-electron chi connectivity index (χ3n) is 2.76. The van der Waals surface area contributed by atoms with Gasteiger partial charge in [0, 0.05) is 23.2 Å². The molecule has 1 heterocycles. The molecule has 4 nitrogen and oxygen atoms in total. The van der Waals surface area contributed by atoms with E-state index < -0.39 is 0 Å². The standard InChI is InChI=1S/C13H16ClNO3/c14-12-4-2-1-3-10(12)8-18-13(16)7-11-9-17-6-5-15-11/h1-4,11,15H,5-9H2. The molecule has 5 heteroatoms. The van der Waals surface area contributed by atoms with E-state index in [9.17, 15) is 4.79 Å². The van der Waals surface area contributed by atoms with Gasteiger partial charge in [0.15, 0.2) is 0 Å². The van der Waals surface area contributed by atoms with Crippen molar-refractivity contribution in [2.75, 3.05) is 19.8 Å². The van der Waals surface area contributed by atoms with Crippen molar-refractivity contribution in [3.8, 4) is 0 Å². The Bertz CT molecular complexity index is 405. The largest absolute Gasteiger partial charge is 0.461 e. The lowest BCUT2D eigenvalue weighted by atomic mass is 10.2. The lowest BCUT2D eigenvalue weighted by Crippen LogP contribution is -2.42. The van der Waals surface area contributed by atoms with E-state index in [0.29, 0.717) is 24.7 Å². The molecule has 1 saturated heterocycles. The normalized spacial score (nSPS) is 19.5. The number of morpholine rings is 1. The van der Waals surface area contributed by atoms with E-state index in [-0.39, 0.29) is 18.6 Å². The number of hydrogen-bond donors (Lipinski definition) is 1. The second-order valence-electron chi connectivity index (χ2n) is 4.18. The molecule has 98 valence electrons. The molecule has 0 spiro atoms. The summed E-state index contributed by atoms with van der Waals surface area (Å²) in [7, 11) is 0. The molecule has 1 aromatic rings. The van der Waals surface area contributed by atoms with Gasteiger partial charge in [0.2, 0.25) is 0 Å². The Morgan fingerprint density at radius 2 is 2.33 bits per heavy atom. The van der Waals surface area contributed by atoms with E-state index in [1.54, 1.807) is 6.07 Å². The first kappa shape index (κ1) is 13.3. The van der Waals surface area contributed by atoms with Gasteiger partial charge in [-0.1, -0.05) is 29.8 Å². The van der Waals surface area contributed by atoms with Crippen molar-refractivity contribution in [2.45, 2.75) is 19.1 Å². The van der Waals surface area contributed by atoms with Crippen LogP contribution in [-0.4, -0.2) is 31.8 Å². The smallest absolute Gasteiger partial charge is 0.307 e. The Kier molecular flexibility index (Phi) is 4.99. The number of nitrogens with one attached hydrogen (secondary N) is 1. The summed E-state index contributed by atoms with van der Waals surface area (Å²) in [4.78, 5) is 11.6. The summed E-state index contributed by atoms with van der Waals surface area (Å²) in [5.74, 6) is -0.238. The van der Waals surface area contributed by atoms with Crippen molar-refractivity contribution < 1.29 is 14.3 Å². The van der Waals surface area contributed by atoms with Gasteiger partial charge in [-0.2, -0.15) is 0 Å². The monoisotopic (exact) mass is 269 g/mol. The fourth-order valence-electron chi connectivity index (χ4n) is 1.78. The van der Waals surface area contributed by atoms with Crippen molar-refractivity contribution in [3.63, 3.8) is 0 Å². The van der Waals surface area contributed by atoms with Gasteiger partial charge < -0.3 is 14.8 Å². The maximum absolute atomic E-state index is 11.6. The molecule has 1 aliphatic heterocycles. The zero-order valence-electron chi connectivity index (χ0n) is 10.0. The number of ether oxygens (including phenoxy) is 2. The first-order valence-electron chi connectivity index (χ1n) is 5.96. The van der Waals surface area contributed by atoms with Crippen LogP contribution < -0.4 is 5.32 Å². The molecule has 1 fully saturated rings. The highest BCUT2D eigenvalue weighted by Gasteiger charge is 2.17. The molecule has 0 amide bonds. The maximum Gasteiger partial charge on any atom is 0.307 e. The summed E-state index contributed by atoms with van der Waals surface area (Å²) in [6.07, 6.45) is 0.324. The van der Waals surface area contributed by atoms with Gasteiger partial charge in [-0.05, 0) is 6.07 Å². The van der Waals surface area contributed by atoms with E-state index in [2.05, 4.69) is 5.32 Å². The molecule has 1 atom stereocenters. The van der Waals surface area contributed by atoms with Crippen LogP contribution in [0.25, 0.3) is 0 Å².